The quantitative estimate of drug-likeness (QED) is 0.573. The molecule has 0 saturated carbocycles. The van der Waals surface area contributed by atoms with Crippen LogP contribution >= 0.6 is 0 Å². The molecule has 9 heteroatoms. The molecule has 1 aromatic heterocycles. The van der Waals surface area contributed by atoms with E-state index in [1.165, 1.54) is 12.1 Å². The summed E-state index contributed by atoms with van der Waals surface area (Å²) in [4.78, 5) is 33.3. The summed E-state index contributed by atoms with van der Waals surface area (Å²) < 4.78 is 18.5. The molecule has 0 atom stereocenters. The van der Waals surface area contributed by atoms with E-state index in [1.54, 1.807) is 12.1 Å². The van der Waals surface area contributed by atoms with Gasteiger partial charge >= 0.3 is 0 Å². The van der Waals surface area contributed by atoms with Crippen LogP contribution in [0.2, 0.25) is 0 Å². The van der Waals surface area contributed by atoms with E-state index in [1.807, 2.05) is 30.0 Å². The number of carbonyl (C=O) groups excluding carboxylic acids is 2. The molecule has 2 fully saturated rings. The smallest absolute Gasteiger partial charge is 0.241 e. The summed E-state index contributed by atoms with van der Waals surface area (Å²) in [5.41, 5.74) is 3.35. The topological polar surface area (TPSA) is 91.6 Å². The molecule has 3 heterocycles. The molecule has 2 aromatic carbocycles. The first-order valence-electron chi connectivity index (χ1n) is 12.0. The summed E-state index contributed by atoms with van der Waals surface area (Å²) in [6.45, 7) is 4.73. The number of anilines is 2. The molecule has 35 heavy (non-hydrogen) atoms. The van der Waals surface area contributed by atoms with Crippen molar-refractivity contribution < 1.29 is 18.5 Å². The van der Waals surface area contributed by atoms with Gasteiger partial charge in [-0.15, -0.1) is 0 Å². The fraction of sp³-hybridized carbons (Fsp3) is 0.385. The van der Waals surface area contributed by atoms with E-state index in [-0.39, 0.29) is 23.5 Å². The molecular formula is C26H28FN5O3. The Balaban J connectivity index is 1.12. The van der Waals surface area contributed by atoms with Gasteiger partial charge in [-0.05, 0) is 87.3 Å². The molecule has 0 bridgehead atoms. The summed E-state index contributed by atoms with van der Waals surface area (Å²) in [5.74, 6) is 0.734. The molecule has 182 valence electrons. The maximum atomic E-state index is 13.1. The first-order chi connectivity index (χ1) is 17.0. The van der Waals surface area contributed by atoms with Gasteiger partial charge in [-0.3, -0.25) is 14.5 Å². The highest BCUT2D eigenvalue weighted by Gasteiger charge is 2.27. The van der Waals surface area contributed by atoms with Crippen molar-refractivity contribution in [2.24, 2.45) is 5.92 Å². The molecule has 0 aliphatic carbocycles. The fourth-order valence-electron chi connectivity index (χ4n) is 4.76. The van der Waals surface area contributed by atoms with Gasteiger partial charge < -0.3 is 14.7 Å². The Bertz CT molecular complexity index is 1220. The minimum absolute atomic E-state index is 0.0189. The Hall–Kier alpha value is -3.59. The van der Waals surface area contributed by atoms with Crippen LogP contribution in [0.4, 0.5) is 15.8 Å². The van der Waals surface area contributed by atoms with Crippen LogP contribution in [0.15, 0.2) is 47.0 Å². The van der Waals surface area contributed by atoms with Crippen LogP contribution in [0.25, 0.3) is 11.4 Å². The van der Waals surface area contributed by atoms with Gasteiger partial charge in [0.25, 0.3) is 0 Å². The van der Waals surface area contributed by atoms with Crippen molar-refractivity contribution in [3.05, 3.63) is 59.7 Å². The van der Waals surface area contributed by atoms with Crippen molar-refractivity contribution >= 4 is 23.2 Å². The highest BCUT2D eigenvalue weighted by Crippen LogP contribution is 2.28. The van der Waals surface area contributed by atoms with Crippen LogP contribution in [0.5, 0.6) is 0 Å². The van der Waals surface area contributed by atoms with Crippen LogP contribution in [-0.2, 0) is 16.1 Å². The van der Waals surface area contributed by atoms with Gasteiger partial charge in [-0.1, -0.05) is 5.16 Å². The average Bonchev–Trinajstić information content (AvgIpc) is 3.49. The molecule has 0 spiro atoms. The molecule has 8 nitrogen and oxygen atoms in total. The Morgan fingerprint density at radius 2 is 1.91 bits per heavy atom. The lowest BCUT2D eigenvalue weighted by atomic mass is 9.95. The highest BCUT2D eigenvalue weighted by molar-refractivity contribution is 5.97. The van der Waals surface area contributed by atoms with E-state index in [0.717, 1.165) is 55.8 Å². The van der Waals surface area contributed by atoms with Crippen LogP contribution in [0, 0.1) is 18.7 Å². The summed E-state index contributed by atoms with van der Waals surface area (Å²) in [7, 11) is 0. The third-order valence-electron chi connectivity index (χ3n) is 6.72. The van der Waals surface area contributed by atoms with Crippen molar-refractivity contribution in [2.75, 3.05) is 29.9 Å². The largest absolute Gasteiger partial charge is 0.338 e. The molecule has 3 aromatic rings. The second kappa shape index (κ2) is 9.95. The van der Waals surface area contributed by atoms with Gasteiger partial charge in [0, 0.05) is 35.8 Å². The minimum Gasteiger partial charge on any atom is -0.338 e. The van der Waals surface area contributed by atoms with Gasteiger partial charge in [-0.25, -0.2) is 4.39 Å². The summed E-state index contributed by atoms with van der Waals surface area (Å²) >= 11 is 0. The van der Waals surface area contributed by atoms with Gasteiger partial charge in [0.05, 0.1) is 6.54 Å². The second-order valence-corrected chi connectivity index (χ2v) is 9.21. The molecule has 1 N–H and O–H groups in total. The lowest BCUT2D eigenvalue weighted by Crippen LogP contribution is -2.37. The fourth-order valence-corrected chi connectivity index (χ4v) is 4.76. The van der Waals surface area contributed by atoms with E-state index in [0.29, 0.717) is 30.2 Å². The SMILES string of the molecule is Cc1cc(NC(=O)C2CCN(Cc3nc(-c4ccc(F)cc4)no3)CC2)ccc1N1CCCC1=O. The zero-order valence-corrected chi connectivity index (χ0v) is 19.7. The van der Waals surface area contributed by atoms with Crippen molar-refractivity contribution in [3.8, 4) is 11.4 Å². The number of likely N-dealkylation sites (tertiary alicyclic amines) is 1. The predicted molar refractivity (Wildman–Crippen MR) is 129 cm³/mol. The van der Waals surface area contributed by atoms with E-state index in [2.05, 4.69) is 20.4 Å². The van der Waals surface area contributed by atoms with Gasteiger partial charge in [0.1, 0.15) is 5.82 Å². The lowest BCUT2D eigenvalue weighted by molar-refractivity contribution is -0.121. The van der Waals surface area contributed by atoms with Crippen molar-refractivity contribution in [1.82, 2.24) is 15.0 Å². The Morgan fingerprint density at radius 3 is 2.60 bits per heavy atom. The van der Waals surface area contributed by atoms with Crippen LogP contribution in [-0.4, -0.2) is 46.5 Å². The normalized spacial score (nSPS) is 17.2. The predicted octanol–water partition coefficient (Wildman–Crippen LogP) is 4.16. The van der Waals surface area contributed by atoms with E-state index >= 15 is 0 Å². The number of carbonyl (C=O) groups is 2. The van der Waals surface area contributed by atoms with E-state index < -0.39 is 0 Å². The molecule has 2 aliphatic rings. The lowest BCUT2D eigenvalue weighted by Gasteiger charge is -2.30. The zero-order chi connectivity index (χ0) is 24.4. The van der Waals surface area contributed by atoms with Gasteiger partial charge in [-0.2, -0.15) is 4.98 Å². The summed E-state index contributed by atoms with van der Waals surface area (Å²) in [6, 6.07) is 11.7. The molecule has 5 rings (SSSR count). The number of hydrogen-bond donors (Lipinski definition) is 1. The number of benzene rings is 2. The molecule has 2 amide bonds. The van der Waals surface area contributed by atoms with Crippen molar-refractivity contribution in [2.45, 2.75) is 39.2 Å². The summed E-state index contributed by atoms with van der Waals surface area (Å²) in [5, 5.41) is 7.04. The molecular weight excluding hydrogens is 449 g/mol. The van der Waals surface area contributed by atoms with Crippen LogP contribution < -0.4 is 10.2 Å². The number of hydrogen-bond acceptors (Lipinski definition) is 6. The Labute approximate surface area is 203 Å². The molecule has 0 unspecified atom stereocenters. The Kier molecular flexibility index (Phi) is 6.59. The van der Waals surface area contributed by atoms with Gasteiger partial charge in [0.2, 0.25) is 23.5 Å². The van der Waals surface area contributed by atoms with Crippen molar-refractivity contribution in [1.29, 1.82) is 0 Å². The number of halogens is 1. The third-order valence-corrected chi connectivity index (χ3v) is 6.72. The average molecular weight is 478 g/mol. The highest BCUT2D eigenvalue weighted by atomic mass is 19.1. The molecule has 2 saturated heterocycles. The standard InChI is InChI=1S/C26H28FN5O3/c1-17-15-21(8-9-22(17)32-12-2-3-24(32)33)28-26(34)19-10-13-31(14-11-19)16-23-29-25(30-35-23)18-4-6-20(27)7-5-18/h4-9,15,19H,2-3,10-14,16H2,1H3,(H,28,34). The van der Waals surface area contributed by atoms with Gasteiger partial charge in [0.15, 0.2) is 0 Å². The zero-order valence-electron chi connectivity index (χ0n) is 19.7. The Morgan fingerprint density at radius 1 is 1.14 bits per heavy atom. The maximum Gasteiger partial charge on any atom is 0.241 e. The summed E-state index contributed by atoms with van der Waals surface area (Å²) in [6.07, 6.45) is 2.96. The van der Waals surface area contributed by atoms with Crippen molar-refractivity contribution in [3.63, 3.8) is 0 Å². The second-order valence-electron chi connectivity index (χ2n) is 9.21. The first-order valence-corrected chi connectivity index (χ1v) is 12.0. The monoisotopic (exact) mass is 477 g/mol. The molecule has 0 radical (unpaired) electrons. The maximum absolute atomic E-state index is 13.1. The van der Waals surface area contributed by atoms with Crippen LogP contribution in [0.1, 0.15) is 37.1 Å². The number of piperidine rings is 1. The number of aryl methyl sites for hydroxylation is 1. The number of aromatic nitrogens is 2. The number of nitrogens with zero attached hydrogens (tertiary/aromatic N) is 4. The number of rotatable bonds is 6. The minimum atomic E-state index is -0.310. The van der Waals surface area contributed by atoms with Crippen LogP contribution in [0.3, 0.4) is 0 Å². The number of nitrogens with one attached hydrogen (secondary N) is 1. The molecule has 2 aliphatic heterocycles. The van der Waals surface area contributed by atoms with E-state index in [4.69, 9.17) is 4.52 Å². The van der Waals surface area contributed by atoms with E-state index in [9.17, 15) is 14.0 Å². The first kappa shape index (κ1) is 23.2. The number of amides is 2. The third kappa shape index (κ3) is 5.24.